The van der Waals surface area contributed by atoms with E-state index in [1.165, 1.54) is 16.7 Å². The van der Waals surface area contributed by atoms with Crippen molar-refractivity contribution in [2.45, 2.75) is 6.42 Å². The van der Waals surface area contributed by atoms with Gasteiger partial charge in [-0.1, -0.05) is 59.8 Å². The van der Waals surface area contributed by atoms with E-state index >= 15 is 0 Å². The van der Waals surface area contributed by atoms with Gasteiger partial charge in [-0.25, -0.2) is 0 Å². The maximum absolute atomic E-state index is 4.63. The van der Waals surface area contributed by atoms with Gasteiger partial charge in [0.25, 0.3) is 0 Å². The van der Waals surface area contributed by atoms with Gasteiger partial charge >= 0.3 is 0 Å². The number of rotatable bonds is 4. The van der Waals surface area contributed by atoms with Crippen LogP contribution in [0.25, 0.3) is 11.1 Å². The molecule has 0 saturated carbocycles. The molecule has 0 spiro atoms. The summed E-state index contributed by atoms with van der Waals surface area (Å²) in [6.07, 6.45) is 2.56. The summed E-state index contributed by atoms with van der Waals surface area (Å²) < 4.78 is 0. The first-order chi connectivity index (χ1) is 8.40. The monoisotopic (exact) mass is 225 g/mol. The van der Waals surface area contributed by atoms with Gasteiger partial charge in [0.2, 0.25) is 0 Å². The third-order valence-corrected chi connectivity index (χ3v) is 2.57. The van der Waals surface area contributed by atoms with E-state index in [1.54, 1.807) is 13.3 Å². The first-order valence-electron chi connectivity index (χ1n) is 5.59. The molecule has 0 unspecified atom stereocenters. The zero-order valence-electron chi connectivity index (χ0n) is 9.84. The maximum atomic E-state index is 4.63. The molecule has 2 nitrogen and oxygen atoms in total. The van der Waals surface area contributed by atoms with Crippen molar-refractivity contribution in [1.29, 1.82) is 0 Å². The van der Waals surface area contributed by atoms with Crippen molar-refractivity contribution in [3.63, 3.8) is 0 Å². The van der Waals surface area contributed by atoms with Gasteiger partial charge in [-0.2, -0.15) is 0 Å². The summed E-state index contributed by atoms with van der Waals surface area (Å²) in [5, 5.41) is 3.72. The van der Waals surface area contributed by atoms with Crippen molar-refractivity contribution >= 4 is 6.21 Å². The molecular weight excluding hydrogens is 210 g/mol. The lowest BCUT2D eigenvalue weighted by molar-refractivity contribution is 0.215. The predicted molar refractivity (Wildman–Crippen MR) is 71.1 cm³/mol. The van der Waals surface area contributed by atoms with Gasteiger partial charge in [0.1, 0.15) is 7.11 Å². The molecule has 2 rings (SSSR count). The van der Waals surface area contributed by atoms with Gasteiger partial charge in [0, 0.05) is 12.6 Å². The minimum Gasteiger partial charge on any atom is -0.399 e. The molecule has 86 valence electrons. The number of benzene rings is 2. The lowest BCUT2D eigenvalue weighted by Crippen LogP contribution is -1.87. The fourth-order valence-corrected chi connectivity index (χ4v) is 1.68. The first kappa shape index (κ1) is 11.4. The van der Waals surface area contributed by atoms with Crippen molar-refractivity contribution in [2.24, 2.45) is 5.16 Å². The normalized spacial score (nSPS) is 10.6. The molecule has 0 N–H and O–H groups in total. The molecule has 0 heterocycles. The second-order valence-electron chi connectivity index (χ2n) is 3.74. The fourth-order valence-electron chi connectivity index (χ4n) is 1.68. The van der Waals surface area contributed by atoms with Crippen LogP contribution in [0, 0.1) is 0 Å². The van der Waals surface area contributed by atoms with Gasteiger partial charge in [-0.05, 0) is 16.7 Å². The Morgan fingerprint density at radius 2 is 1.59 bits per heavy atom. The van der Waals surface area contributed by atoms with Gasteiger partial charge in [-0.3, -0.25) is 0 Å². The summed E-state index contributed by atoms with van der Waals surface area (Å²) in [5.41, 5.74) is 3.70. The van der Waals surface area contributed by atoms with E-state index in [9.17, 15) is 0 Å². The summed E-state index contributed by atoms with van der Waals surface area (Å²) in [5.74, 6) is 0. The summed E-state index contributed by atoms with van der Waals surface area (Å²) in [6, 6.07) is 18.8. The third-order valence-electron chi connectivity index (χ3n) is 2.57. The van der Waals surface area contributed by atoms with Gasteiger partial charge in [0.05, 0.1) is 0 Å². The number of nitrogens with zero attached hydrogens (tertiary/aromatic N) is 1. The minimum absolute atomic E-state index is 0.795. The van der Waals surface area contributed by atoms with E-state index in [-0.39, 0.29) is 0 Å². The molecule has 2 heteroatoms. The topological polar surface area (TPSA) is 21.6 Å². The van der Waals surface area contributed by atoms with Crippen LogP contribution in [0.5, 0.6) is 0 Å². The van der Waals surface area contributed by atoms with Gasteiger partial charge in [-0.15, -0.1) is 0 Å². The Kier molecular flexibility index (Phi) is 3.92. The Bertz CT molecular complexity index is 474. The Morgan fingerprint density at radius 1 is 0.941 bits per heavy atom. The highest BCUT2D eigenvalue weighted by atomic mass is 16.6. The van der Waals surface area contributed by atoms with Crippen molar-refractivity contribution in [1.82, 2.24) is 0 Å². The van der Waals surface area contributed by atoms with E-state index in [2.05, 4.69) is 58.5 Å². The second-order valence-corrected chi connectivity index (χ2v) is 3.74. The highest BCUT2D eigenvalue weighted by molar-refractivity contribution is 5.65. The zero-order valence-corrected chi connectivity index (χ0v) is 9.84. The highest BCUT2D eigenvalue weighted by Gasteiger charge is 1.96. The van der Waals surface area contributed by atoms with Crippen LogP contribution in [-0.2, 0) is 11.3 Å². The van der Waals surface area contributed by atoms with Crippen molar-refractivity contribution < 1.29 is 4.84 Å². The quantitative estimate of drug-likeness (QED) is 0.576. The smallest absolute Gasteiger partial charge is 0.106 e. The Hall–Kier alpha value is -2.09. The van der Waals surface area contributed by atoms with Crippen LogP contribution in [-0.4, -0.2) is 13.3 Å². The summed E-state index contributed by atoms with van der Waals surface area (Å²) in [4.78, 5) is 4.63. The minimum atomic E-state index is 0.795. The van der Waals surface area contributed by atoms with Crippen LogP contribution in [0.3, 0.4) is 0 Å². The highest BCUT2D eigenvalue weighted by Crippen LogP contribution is 2.19. The first-order valence-corrected chi connectivity index (χ1v) is 5.59. The fraction of sp³-hybridized carbons (Fsp3) is 0.133. The molecule has 0 saturated heterocycles. The zero-order chi connectivity index (χ0) is 11.9. The van der Waals surface area contributed by atoms with E-state index in [0.717, 1.165) is 6.42 Å². The Morgan fingerprint density at radius 3 is 2.24 bits per heavy atom. The van der Waals surface area contributed by atoms with Crippen LogP contribution < -0.4 is 0 Å². The molecule has 0 bridgehead atoms. The second kappa shape index (κ2) is 5.85. The molecule has 0 radical (unpaired) electrons. The van der Waals surface area contributed by atoms with Crippen molar-refractivity contribution in [3.05, 3.63) is 60.2 Å². The van der Waals surface area contributed by atoms with Crippen LogP contribution >= 0.6 is 0 Å². The molecule has 0 aliphatic heterocycles. The molecule has 0 aromatic heterocycles. The van der Waals surface area contributed by atoms with Crippen molar-refractivity contribution in [3.8, 4) is 11.1 Å². The lowest BCUT2D eigenvalue weighted by Gasteiger charge is -2.02. The molecule has 0 aliphatic rings. The number of oxime groups is 1. The largest absolute Gasteiger partial charge is 0.399 e. The van der Waals surface area contributed by atoms with Gasteiger partial charge < -0.3 is 4.84 Å². The molecular formula is C15H15NO. The van der Waals surface area contributed by atoms with Crippen LogP contribution in [0.2, 0.25) is 0 Å². The van der Waals surface area contributed by atoms with E-state index in [0.29, 0.717) is 0 Å². The van der Waals surface area contributed by atoms with Crippen LogP contribution in [0.15, 0.2) is 59.8 Å². The summed E-state index contributed by atoms with van der Waals surface area (Å²) in [7, 11) is 1.55. The number of hydrogen-bond acceptors (Lipinski definition) is 2. The number of hydrogen-bond donors (Lipinski definition) is 0. The third kappa shape index (κ3) is 3.18. The van der Waals surface area contributed by atoms with E-state index in [4.69, 9.17) is 0 Å². The molecule has 0 aliphatic carbocycles. The molecule has 2 aromatic carbocycles. The Labute approximate surface area is 102 Å². The Balaban J connectivity index is 2.11. The predicted octanol–water partition coefficient (Wildman–Crippen LogP) is 3.53. The molecule has 0 fully saturated rings. The average Bonchev–Trinajstić information content (AvgIpc) is 2.41. The van der Waals surface area contributed by atoms with E-state index < -0.39 is 0 Å². The summed E-state index contributed by atoms with van der Waals surface area (Å²) >= 11 is 0. The standard InChI is InChI=1S/C15H15NO/c1-17-16-12-11-13-7-9-15(10-8-13)14-5-3-2-4-6-14/h2-10,12H,11H2,1H3. The molecule has 17 heavy (non-hydrogen) atoms. The van der Waals surface area contributed by atoms with Crippen LogP contribution in [0.1, 0.15) is 5.56 Å². The van der Waals surface area contributed by atoms with Crippen LogP contribution in [0.4, 0.5) is 0 Å². The molecule has 2 aromatic rings. The van der Waals surface area contributed by atoms with Crippen molar-refractivity contribution in [2.75, 3.05) is 7.11 Å². The molecule has 0 atom stereocenters. The van der Waals surface area contributed by atoms with E-state index in [1.807, 2.05) is 6.07 Å². The maximum Gasteiger partial charge on any atom is 0.106 e. The average molecular weight is 225 g/mol. The van der Waals surface area contributed by atoms with Gasteiger partial charge in [0.15, 0.2) is 0 Å². The molecule has 0 amide bonds. The summed E-state index contributed by atoms with van der Waals surface area (Å²) in [6.45, 7) is 0. The SMILES string of the molecule is CON=CCc1ccc(-c2ccccc2)cc1. The lowest BCUT2D eigenvalue weighted by atomic mass is 10.0.